The molecule has 3 nitrogen and oxygen atoms in total. The van der Waals surface area contributed by atoms with Crippen LogP contribution in [0.4, 0.5) is 0 Å². The number of ether oxygens (including phenoxy) is 3. The first-order valence-electron chi connectivity index (χ1n) is 6.29. The molecule has 0 saturated carbocycles. The minimum atomic E-state index is -0.214. The second-order valence-corrected chi connectivity index (χ2v) is 4.27. The SMILES string of the molecule is CCOc1ccc(C2OCC(CC)CO2)cc1. The molecular formula is C14H20O3. The Balaban J connectivity index is 1.94. The maximum atomic E-state index is 5.70. The molecule has 0 unspecified atom stereocenters. The molecule has 1 aromatic carbocycles. The fourth-order valence-corrected chi connectivity index (χ4v) is 1.86. The van der Waals surface area contributed by atoms with Crippen molar-refractivity contribution in [2.24, 2.45) is 5.92 Å². The number of rotatable bonds is 4. The van der Waals surface area contributed by atoms with Crippen molar-refractivity contribution in [3.8, 4) is 5.75 Å². The van der Waals surface area contributed by atoms with E-state index in [4.69, 9.17) is 14.2 Å². The molecule has 1 aliphatic heterocycles. The van der Waals surface area contributed by atoms with Gasteiger partial charge in [0, 0.05) is 11.5 Å². The Kier molecular flexibility index (Phi) is 4.40. The Hall–Kier alpha value is -1.06. The van der Waals surface area contributed by atoms with Crippen LogP contribution in [0.3, 0.4) is 0 Å². The zero-order valence-electron chi connectivity index (χ0n) is 10.5. The highest BCUT2D eigenvalue weighted by molar-refractivity contribution is 5.28. The zero-order valence-corrected chi connectivity index (χ0v) is 10.5. The molecule has 1 aromatic rings. The van der Waals surface area contributed by atoms with Gasteiger partial charge in [-0.2, -0.15) is 0 Å². The summed E-state index contributed by atoms with van der Waals surface area (Å²) in [5.41, 5.74) is 1.06. The lowest BCUT2D eigenvalue weighted by atomic mass is 10.1. The van der Waals surface area contributed by atoms with Crippen LogP contribution in [0.5, 0.6) is 5.75 Å². The van der Waals surface area contributed by atoms with Crippen LogP contribution in [0.15, 0.2) is 24.3 Å². The van der Waals surface area contributed by atoms with Gasteiger partial charge >= 0.3 is 0 Å². The molecular weight excluding hydrogens is 216 g/mol. The fraction of sp³-hybridized carbons (Fsp3) is 0.571. The molecule has 1 fully saturated rings. The Morgan fingerprint density at radius 1 is 1.12 bits per heavy atom. The van der Waals surface area contributed by atoms with E-state index in [0.717, 1.165) is 30.9 Å². The van der Waals surface area contributed by atoms with Crippen LogP contribution in [-0.4, -0.2) is 19.8 Å². The van der Waals surface area contributed by atoms with E-state index in [2.05, 4.69) is 6.92 Å². The Morgan fingerprint density at radius 3 is 2.29 bits per heavy atom. The van der Waals surface area contributed by atoms with E-state index in [1.165, 1.54) is 0 Å². The molecule has 0 bridgehead atoms. The lowest BCUT2D eigenvalue weighted by molar-refractivity contribution is -0.205. The molecule has 3 heteroatoms. The third-order valence-electron chi connectivity index (χ3n) is 3.01. The molecule has 1 saturated heterocycles. The molecule has 0 atom stereocenters. The van der Waals surface area contributed by atoms with Crippen molar-refractivity contribution in [2.45, 2.75) is 26.6 Å². The van der Waals surface area contributed by atoms with E-state index >= 15 is 0 Å². The maximum Gasteiger partial charge on any atom is 0.183 e. The molecule has 0 radical (unpaired) electrons. The minimum Gasteiger partial charge on any atom is -0.494 e. The van der Waals surface area contributed by atoms with Gasteiger partial charge in [-0.15, -0.1) is 0 Å². The second kappa shape index (κ2) is 6.03. The standard InChI is InChI=1S/C14H20O3/c1-3-11-9-16-14(17-10-11)12-5-7-13(8-6-12)15-4-2/h5-8,11,14H,3-4,9-10H2,1-2H3. The first-order valence-corrected chi connectivity index (χ1v) is 6.29. The number of hydrogen-bond donors (Lipinski definition) is 0. The van der Waals surface area contributed by atoms with Crippen molar-refractivity contribution in [2.75, 3.05) is 19.8 Å². The molecule has 94 valence electrons. The van der Waals surface area contributed by atoms with Crippen LogP contribution in [0, 0.1) is 5.92 Å². The summed E-state index contributed by atoms with van der Waals surface area (Å²) in [6.07, 6.45) is 0.893. The summed E-state index contributed by atoms with van der Waals surface area (Å²) in [6.45, 7) is 6.40. The fourth-order valence-electron chi connectivity index (χ4n) is 1.86. The van der Waals surface area contributed by atoms with Gasteiger partial charge in [0.1, 0.15) is 5.75 Å². The van der Waals surface area contributed by atoms with E-state index in [1.807, 2.05) is 31.2 Å². The van der Waals surface area contributed by atoms with Crippen LogP contribution in [-0.2, 0) is 9.47 Å². The maximum absolute atomic E-state index is 5.70. The highest BCUT2D eigenvalue weighted by atomic mass is 16.7. The van der Waals surface area contributed by atoms with Crippen molar-refractivity contribution in [1.82, 2.24) is 0 Å². The minimum absolute atomic E-state index is 0.214. The first kappa shape index (κ1) is 12.4. The molecule has 0 spiro atoms. The molecule has 1 aliphatic rings. The van der Waals surface area contributed by atoms with Gasteiger partial charge in [0.2, 0.25) is 0 Å². The summed E-state index contributed by atoms with van der Waals surface area (Å²) in [5, 5.41) is 0. The topological polar surface area (TPSA) is 27.7 Å². The molecule has 0 amide bonds. The summed E-state index contributed by atoms with van der Waals surface area (Å²) in [6, 6.07) is 7.92. The average Bonchev–Trinajstić information content (AvgIpc) is 2.40. The van der Waals surface area contributed by atoms with Crippen molar-refractivity contribution < 1.29 is 14.2 Å². The predicted octanol–water partition coefficient (Wildman–Crippen LogP) is 3.16. The highest BCUT2D eigenvalue weighted by Crippen LogP contribution is 2.27. The smallest absolute Gasteiger partial charge is 0.183 e. The summed E-state index contributed by atoms with van der Waals surface area (Å²) in [5.74, 6) is 1.42. The summed E-state index contributed by atoms with van der Waals surface area (Å²) in [4.78, 5) is 0. The van der Waals surface area contributed by atoms with Gasteiger partial charge in [-0.05, 0) is 25.5 Å². The van der Waals surface area contributed by atoms with Gasteiger partial charge in [0.15, 0.2) is 6.29 Å². The molecule has 0 N–H and O–H groups in total. The van der Waals surface area contributed by atoms with Crippen molar-refractivity contribution in [3.63, 3.8) is 0 Å². The van der Waals surface area contributed by atoms with E-state index in [1.54, 1.807) is 0 Å². The van der Waals surface area contributed by atoms with E-state index in [0.29, 0.717) is 12.5 Å². The van der Waals surface area contributed by atoms with E-state index in [9.17, 15) is 0 Å². The quantitative estimate of drug-likeness (QED) is 0.803. The summed E-state index contributed by atoms with van der Waals surface area (Å²) < 4.78 is 16.8. The van der Waals surface area contributed by atoms with Gasteiger partial charge in [-0.1, -0.05) is 19.1 Å². The van der Waals surface area contributed by atoms with Gasteiger partial charge in [0.05, 0.1) is 19.8 Å². The van der Waals surface area contributed by atoms with E-state index in [-0.39, 0.29) is 6.29 Å². The lowest BCUT2D eigenvalue weighted by Gasteiger charge is -2.29. The molecule has 2 rings (SSSR count). The molecule has 0 aliphatic carbocycles. The average molecular weight is 236 g/mol. The van der Waals surface area contributed by atoms with Gasteiger partial charge in [-0.3, -0.25) is 0 Å². The normalized spacial score (nSPS) is 24.6. The monoisotopic (exact) mass is 236 g/mol. The molecule has 0 aromatic heterocycles. The van der Waals surface area contributed by atoms with Crippen molar-refractivity contribution in [1.29, 1.82) is 0 Å². The lowest BCUT2D eigenvalue weighted by Crippen LogP contribution is -2.26. The van der Waals surface area contributed by atoms with Crippen LogP contribution in [0.25, 0.3) is 0 Å². The second-order valence-electron chi connectivity index (χ2n) is 4.27. The molecule has 1 heterocycles. The highest BCUT2D eigenvalue weighted by Gasteiger charge is 2.22. The van der Waals surface area contributed by atoms with Crippen LogP contribution < -0.4 is 4.74 Å². The third kappa shape index (κ3) is 3.20. The van der Waals surface area contributed by atoms with Gasteiger partial charge < -0.3 is 14.2 Å². The van der Waals surface area contributed by atoms with Crippen LogP contribution in [0.1, 0.15) is 32.1 Å². The Bertz CT molecular complexity index is 326. The summed E-state index contributed by atoms with van der Waals surface area (Å²) >= 11 is 0. The largest absolute Gasteiger partial charge is 0.494 e. The van der Waals surface area contributed by atoms with Crippen molar-refractivity contribution >= 4 is 0 Å². The molecule has 17 heavy (non-hydrogen) atoms. The van der Waals surface area contributed by atoms with E-state index < -0.39 is 0 Å². The first-order chi connectivity index (χ1) is 8.33. The zero-order chi connectivity index (χ0) is 12.1. The Labute approximate surface area is 103 Å². The predicted molar refractivity (Wildman–Crippen MR) is 66.0 cm³/mol. The van der Waals surface area contributed by atoms with Gasteiger partial charge in [0.25, 0.3) is 0 Å². The Morgan fingerprint density at radius 2 is 1.76 bits per heavy atom. The number of hydrogen-bond acceptors (Lipinski definition) is 3. The van der Waals surface area contributed by atoms with Crippen LogP contribution in [0.2, 0.25) is 0 Å². The summed E-state index contributed by atoms with van der Waals surface area (Å²) in [7, 11) is 0. The van der Waals surface area contributed by atoms with Gasteiger partial charge in [-0.25, -0.2) is 0 Å². The number of benzene rings is 1. The van der Waals surface area contributed by atoms with Crippen molar-refractivity contribution in [3.05, 3.63) is 29.8 Å². The third-order valence-corrected chi connectivity index (χ3v) is 3.01. The van der Waals surface area contributed by atoms with Crippen LogP contribution >= 0.6 is 0 Å².